The molecule has 14 heavy (non-hydrogen) atoms. The van der Waals surface area contributed by atoms with Gasteiger partial charge in [0.15, 0.2) is 0 Å². The zero-order valence-electron chi connectivity index (χ0n) is 10.5. The molecule has 82 valence electrons. The van der Waals surface area contributed by atoms with E-state index in [2.05, 4.69) is 33.5 Å². The predicted molar refractivity (Wildman–Crippen MR) is 66.2 cm³/mol. The Morgan fingerprint density at radius 2 is 1.64 bits per heavy atom. The molecule has 5 atom stereocenters. The average molecular weight is 210 g/mol. The molecule has 0 aromatic rings. The van der Waals surface area contributed by atoms with Crippen LogP contribution in [0.5, 0.6) is 0 Å². The van der Waals surface area contributed by atoms with Crippen molar-refractivity contribution in [1.29, 1.82) is 0 Å². The zero-order chi connectivity index (χ0) is 10.5. The molecule has 0 aliphatic heterocycles. The smallest absolute Gasteiger partial charge is 0.0445 e. The molecule has 0 saturated heterocycles. The SMILES string of the molecule is CC1C2CC(C[Si](C)(C)C)C(C2)C1C. The first-order valence-electron chi connectivity index (χ1n) is 6.38. The van der Waals surface area contributed by atoms with Gasteiger partial charge >= 0.3 is 0 Å². The van der Waals surface area contributed by atoms with E-state index < -0.39 is 8.07 Å². The third-order valence-corrected chi connectivity index (χ3v) is 6.66. The Kier molecular flexibility index (Phi) is 2.58. The molecule has 2 fully saturated rings. The molecule has 0 aromatic heterocycles. The number of fused-ring (bicyclic) bond motifs is 2. The molecule has 5 unspecified atom stereocenters. The Balaban J connectivity index is 2.00. The molecular formula is C13H26Si. The van der Waals surface area contributed by atoms with Gasteiger partial charge in [0.05, 0.1) is 0 Å². The highest BCUT2D eigenvalue weighted by Crippen LogP contribution is 2.56. The maximum absolute atomic E-state index is 2.53. The van der Waals surface area contributed by atoms with Crippen LogP contribution in [0.3, 0.4) is 0 Å². The summed E-state index contributed by atoms with van der Waals surface area (Å²) in [6.07, 6.45) is 3.14. The lowest BCUT2D eigenvalue weighted by Gasteiger charge is -2.34. The molecule has 0 spiro atoms. The molecule has 0 aromatic carbocycles. The lowest BCUT2D eigenvalue weighted by atomic mass is 9.76. The van der Waals surface area contributed by atoms with E-state index in [0.717, 1.165) is 29.6 Å². The van der Waals surface area contributed by atoms with Gasteiger partial charge in [0, 0.05) is 8.07 Å². The highest BCUT2D eigenvalue weighted by atomic mass is 28.3. The van der Waals surface area contributed by atoms with Crippen molar-refractivity contribution < 1.29 is 0 Å². The van der Waals surface area contributed by atoms with Crippen LogP contribution in [0, 0.1) is 29.6 Å². The quantitative estimate of drug-likeness (QED) is 0.598. The van der Waals surface area contributed by atoms with Crippen molar-refractivity contribution in [2.24, 2.45) is 29.6 Å². The summed E-state index contributed by atoms with van der Waals surface area (Å²) in [5, 5.41) is 0. The predicted octanol–water partition coefficient (Wildman–Crippen LogP) is 4.25. The third kappa shape index (κ3) is 1.80. The summed E-state index contributed by atoms with van der Waals surface area (Å²) in [6.45, 7) is 12.6. The molecule has 0 amide bonds. The summed E-state index contributed by atoms with van der Waals surface area (Å²) < 4.78 is 0. The Morgan fingerprint density at radius 3 is 2.07 bits per heavy atom. The van der Waals surface area contributed by atoms with Crippen LogP contribution < -0.4 is 0 Å². The molecule has 1 heteroatoms. The Hall–Kier alpha value is 0.217. The highest BCUT2D eigenvalue weighted by Gasteiger charge is 2.49. The maximum Gasteiger partial charge on any atom is 0.0445 e. The summed E-state index contributed by atoms with van der Waals surface area (Å²) in [5.74, 6) is 5.35. The van der Waals surface area contributed by atoms with Gasteiger partial charge in [-0.05, 0) is 42.4 Å². The van der Waals surface area contributed by atoms with Gasteiger partial charge in [-0.2, -0.15) is 0 Å². The van der Waals surface area contributed by atoms with Crippen LogP contribution >= 0.6 is 0 Å². The molecule has 2 bridgehead atoms. The first-order valence-corrected chi connectivity index (χ1v) is 10.1. The number of hydrogen-bond donors (Lipinski definition) is 0. The summed E-state index contributed by atoms with van der Waals surface area (Å²) in [4.78, 5) is 0. The van der Waals surface area contributed by atoms with Crippen molar-refractivity contribution in [3.05, 3.63) is 0 Å². The van der Waals surface area contributed by atoms with Crippen molar-refractivity contribution in [2.75, 3.05) is 0 Å². The summed E-state index contributed by atoms with van der Waals surface area (Å²) in [5.41, 5.74) is 0. The lowest BCUT2D eigenvalue weighted by Crippen LogP contribution is -2.31. The first-order chi connectivity index (χ1) is 6.38. The Bertz CT molecular complexity index is 214. The topological polar surface area (TPSA) is 0 Å². The van der Waals surface area contributed by atoms with Gasteiger partial charge in [-0.1, -0.05) is 39.5 Å². The fourth-order valence-electron chi connectivity index (χ4n) is 4.12. The standard InChI is InChI=1S/C13H26Si/c1-9-10(2)13-7-11(9)6-12(13)8-14(3,4)5/h9-13H,6-8H2,1-5H3. The second-order valence-corrected chi connectivity index (χ2v) is 12.7. The minimum absolute atomic E-state index is 0.811. The first kappa shape index (κ1) is 10.7. The van der Waals surface area contributed by atoms with Gasteiger partial charge in [-0.25, -0.2) is 0 Å². The van der Waals surface area contributed by atoms with Crippen molar-refractivity contribution in [3.63, 3.8) is 0 Å². The minimum Gasteiger partial charge on any atom is -0.0695 e. The number of hydrogen-bond acceptors (Lipinski definition) is 0. The van der Waals surface area contributed by atoms with Crippen LogP contribution in [0.2, 0.25) is 25.7 Å². The van der Waals surface area contributed by atoms with E-state index in [-0.39, 0.29) is 0 Å². The molecule has 2 aliphatic rings. The van der Waals surface area contributed by atoms with Crippen LogP contribution in [-0.2, 0) is 0 Å². The Labute approximate surface area is 90.5 Å². The largest absolute Gasteiger partial charge is 0.0695 e. The number of rotatable bonds is 2. The normalized spacial score (nSPS) is 47.4. The van der Waals surface area contributed by atoms with E-state index in [1.165, 1.54) is 0 Å². The second-order valence-electron chi connectivity index (χ2n) is 7.14. The van der Waals surface area contributed by atoms with E-state index in [1.807, 2.05) is 0 Å². The fraction of sp³-hybridized carbons (Fsp3) is 1.00. The van der Waals surface area contributed by atoms with Gasteiger partial charge in [0.1, 0.15) is 0 Å². The van der Waals surface area contributed by atoms with Gasteiger partial charge in [-0.3, -0.25) is 0 Å². The van der Waals surface area contributed by atoms with Crippen molar-refractivity contribution in [2.45, 2.75) is 52.4 Å². The van der Waals surface area contributed by atoms with Gasteiger partial charge < -0.3 is 0 Å². The molecule has 0 radical (unpaired) electrons. The van der Waals surface area contributed by atoms with Gasteiger partial charge in [-0.15, -0.1) is 0 Å². The second kappa shape index (κ2) is 3.36. The molecule has 0 heterocycles. The average Bonchev–Trinajstić information content (AvgIpc) is 2.51. The molecule has 2 saturated carbocycles. The Morgan fingerprint density at radius 1 is 1.00 bits per heavy atom. The van der Waals surface area contributed by atoms with E-state index in [9.17, 15) is 0 Å². The molecule has 2 aliphatic carbocycles. The summed E-state index contributed by atoms with van der Waals surface area (Å²) >= 11 is 0. The monoisotopic (exact) mass is 210 g/mol. The zero-order valence-corrected chi connectivity index (χ0v) is 11.5. The van der Waals surface area contributed by atoms with Crippen LogP contribution in [-0.4, -0.2) is 8.07 Å². The highest BCUT2D eigenvalue weighted by molar-refractivity contribution is 6.76. The lowest BCUT2D eigenvalue weighted by molar-refractivity contribution is 0.200. The molecular weight excluding hydrogens is 184 g/mol. The third-order valence-electron chi connectivity index (χ3n) is 4.91. The van der Waals surface area contributed by atoms with Crippen LogP contribution in [0.4, 0.5) is 0 Å². The van der Waals surface area contributed by atoms with Crippen molar-refractivity contribution >= 4 is 8.07 Å². The van der Waals surface area contributed by atoms with Crippen molar-refractivity contribution in [1.82, 2.24) is 0 Å². The minimum atomic E-state index is -0.811. The van der Waals surface area contributed by atoms with E-state index >= 15 is 0 Å². The van der Waals surface area contributed by atoms with Crippen LogP contribution in [0.25, 0.3) is 0 Å². The molecule has 0 nitrogen and oxygen atoms in total. The molecule has 2 rings (SSSR count). The maximum atomic E-state index is 2.53. The van der Waals surface area contributed by atoms with Crippen LogP contribution in [0.15, 0.2) is 0 Å². The van der Waals surface area contributed by atoms with Gasteiger partial charge in [0.25, 0.3) is 0 Å². The fourth-order valence-corrected chi connectivity index (χ4v) is 6.16. The van der Waals surface area contributed by atoms with Gasteiger partial charge in [0.2, 0.25) is 0 Å². The van der Waals surface area contributed by atoms with E-state index in [0.29, 0.717) is 0 Å². The van der Waals surface area contributed by atoms with Crippen LogP contribution in [0.1, 0.15) is 26.7 Å². The van der Waals surface area contributed by atoms with E-state index in [4.69, 9.17) is 0 Å². The summed E-state index contributed by atoms with van der Waals surface area (Å²) in [6, 6.07) is 1.59. The van der Waals surface area contributed by atoms with Crippen molar-refractivity contribution in [3.8, 4) is 0 Å². The molecule has 0 N–H and O–H groups in total. The van der Waals surface area contributed by atoms with E-state index in [1.54, 1.807) is 18.9 Å². The summed E-state index contributed by atoms with van der Waals surface area (Å²) in [7, 11) is -0.811.